The zero-order chi connectivity index (χ0) is 27.2. The summed E-state index contributed by atoms with van der Waals surface area (Å²) in [4.78, 5) is 31.5. The van der Waals surface area contributed by atoms with Crippen molar-refractivity contribution < 1.29 is 23.1 Å². The lowest BCUT2D eigenvalue weighted by molar-refractivity contribution is -0.148. The molecule has 2 unspecified atom stereocenters. The summed E-state index contributed by atoms with van der Waals surface area (Å²) in [7, 11) is 2.91. The molecule has 8 nitrogen and oxygen atoms in total. The minimum atomic E-state index is -1.25. The second kappa shape index (κ2) is 12.1. The highest BCUT2D eigenvalue weighted by atomic mass is 19.1. The number of benzene rings is 2. The van der Waals surface area contributed by atoms with Crippen molar-refractivity contribution in [1.82, 2.24) is 20.4 Å². The van der Waals surface area contributed by atoms with Crippen LogP contribution >= 0.6 is 0 Å². The number of nitrogens with zero attached hydrogens (tertiary/aromatic N) is 3. The van der Waals surface area contributed by atoms with Gasteiger partial charge in [-0.25, -0.2) is 13.6 Å². The van der Waals surface area contributed by atoms with Gasteiger partial charge in [0.2, 0.25) is 0 Å². The summed E-state index contributed by atoms with van der Waals surface area (Å²) in [6.07, 6.45) is 5.79. The number of aliphatic imine (C=N–C) groups is 1. The molecular weight excluding hydrogens is 492 g/mol. The lowest BCUT2D eigenvalue weighted by atomic mass is 9.98. The Morgan fingerprint density at radius 3 is 2.76 bits per heavy atom. The molecule has 0 spiro atoms. The van der Waals surface area contributed by atoms with Gasteiger partial charge in [-0.2, -0.15) is 5.10 Å². The molecule has 2 atom stereocenters. The number of aromatic amines is 1. The fourth-order valence-corrected chi connectivity index (χ4v) is 4.85. The highest BCUT2D eigenvalue weighted by Crippen LogP contribution is 2.30. The molecule has 1 aliphatic rings. The number of fused-ring (bicyclic) bond motifs is 1. The number of ether oxygens (including phenoxy) is 1. The summed E-state index contributed by atoms with van der Waals surface area (Å²) in [5, 5.41) is 11.3. The van der Waals surface area contributed by atoms with Gasteiger partial charge in [0.15, 0.2) is 0 Å². The monoisotopic (exact) mass is 523 g/mol. The standard InChI is InChI=1S/C28H31F2N5O3/c1-17(7-5-13-31-2)25-20-15-18(11-12-23(20)33-34-25)27(36)32-19-8-6-14-35(16-19)26(28(37)38-3)24-21(29)9-4-10-22(24)30/h4,7,9-13,15,19,26H,5-6,8,14,16H2,1-3H3,(H,32,36)(H,33,34)/b17-7+,31-13?. The molecule has 0 aliphatic carbocycles. The number of hydrogen-bond acceptors (Lipinski definition) is 6. The Labute approximate surface area is 219 Å². The fraction of sp³-hybridized carbons (Fsp3) is 0.357. The van der Waals surface area contributed by atoms with E-state index in [9.17, 15) is 18.4 Å². The normalized spacial score (nSPS) is 17.6. The van der Waals surface area contributed by atoms with Crippen LogP contribution in [0.5, 0.6) is 0 Å². The number of piperidine rings is 1. The predicted molar refractivity (Wildman–Crippen MR) is 142 cm³/mol. The Balaban J connectivity index is 1.53. The number of H-pyrrole nitrogens is 1. The molecule has 200 valence electrons. The van der Waals surface area contributed by atoms with Crippen molar-refractivity contribution in [2.45, 2.75) is 38.3 Å². The average molecular weight is 524 g/mol. The van der Waals surface area contributed by atoms with Gasteiger partial charge in [0.05, 0.1) is 23.9 Å². The fourth-order valence-electron chi connectivity index (χ4n) is 4.85. The topological polar surface area (TPSA) is 99.7 Å². The number of aromatic nitrogens is 2. The van der Waals surface area contributed by atoms with Crippen LogP contribution in [-0.2, 0) is 9.53 Å². The van der Waals surface area contributed by atoms with Crippen molar-refractivity contribution in [3.05, 3.63) is 70.9 Å². The molecule has 1 fully saturated rings. The van der Waals surface area contributed by atoms with E-state index in [4.69, 9.17) is 4.74 Å². The van der Waals surface area contributed by atoms with Crippen LogP contribution in [0.25, 0.3) is 16.5 Å². The number of carbonyl (C=O) groups excluding carboxylic acids is 2. The third kappa shape index (κ3) is 5.80. The zero-order valence-corrected chi connectivity index (χ0v) is 21.6. The van der Waals surface area contributed by atoms with Crippen LogP contribution < -0.4 is 5.32 Å². The van der Waals surface area contributed by atoms with E-state index in [2.05, 4.69) is 20.5 Å². The lowest BCUT2D eigenvalue weighted by Crippen LogP contribution is -2.50. The van der Waals surface area contributed by atoms with E-state index in [0.29, 0.717) is 31.4 Å². The molecule has 0 radical (unpaired) electrons. The summed E-state index contributed by atoms with van der Waals surface area (Å²) in [5.74, 6) is -2.67. The first-order chi connectivity index (χ1) is 18.3. The minimum absolute atomic E-state index is 0.235. The van der Waals surface area contributed by atoms with Crippen molar-refractivity contribution >= 4 is 34.6 Å². The minimum Gasteiger partial charge on any atom is -0.468 e. The number of amides is 1. The summed E-state index contributed by atoms with van der Waals surface area (Å²) in [5.41, 5.74) is 2.65. The van der Waals surface area contributed by atoms with Crippen LogP contribution in [0, 0.1) is 11.6 Å². The molecule has 38 heavy (non-hydrogen) atoms. The SMILES string of the molecule is CN=CC/C=C(\C)c1n[nH]c2ccc(C(=O)NC3CCCN(C(C(=O)OC)c4c(F)cccc4F)C3)cc12. The number of nitrogens with one attached hydrogen (secondary N) is 2. The molecule has 2 N–H and O–H groups in total. The van der Waals surface area contributed by atoms with E-state index in [-0.39, 0.29) is 24.1 Å². The van der Waals surface area contributed by atoms with E-state index >= 15 is 0 Å². The molecule has 0 saturated carbocycles. The van der Waals surface area contributed by atoms with Crippen molar-refractivity contribution in [3.8, 4) is 0 Å². The molecule has 10 heteroatoms. The molecule has 4 rings (SSSR count). The van der Waals surface area contributed by atoms with E-state index in [0.717, 1.165) is 34.3 Å². The van der Waals surface area contributed by atoms with Gasteiger partial charge in [-0.05, 0) is 62.2 Å². The van der Waals surface area contributed by atoms with Crippen molar-refractivity contribution in [1.29, 1.82) is 0 Å². The number of halogens is 2. The first-order valence-corrected chi connectivity index (χ1v) is 12.5. The molecule has 0 bridgehead atoms. The number of rotatable bonds is 8. The van der Waals surface area contributed by atoms with Gasteiger partial charge in [0, 0.05) is 43.2 Å². The number of methoxy groups -OCH3 is 1. The number of hydrogen-bond donors (Lipinski definition) is 2. The van der Waals surface area contributed by atoms with Crippen molar-refractivity contribution in [2.24, 2.45) is 4.99 Å². The second-order valence-corrected chi connectivity index (χ2v) is 9.26. The number of allylic oxidation sites excluding steroid dienone is 2. The largest absolute Gasteiger partial charge is 0.468 e. The van der Waals surface area contributed by atoms with E-state index in [1.165, 1.54) is 13.2 Å². The van der Waals surface area contributed by atoms with Crippen LogP contribution in [0.15, 0.2) is 47.5 Å². The van der Waals surface area contributed by atoms with Gasteiger partial charge in [-0.3, -0.25) is 14.8 Å². The Morgan fingerprint density at radius 2 is 2.05 bits per heavy atom. The molecule has 2 heterocycles. The first kappa shape index (κ1) is 27.1. The second-order valence-electron chi connectivity index (χ2n) is 9.26. The summed E-state index contributed by atoms with van der Waals surface area (Å²) in [6.45, 7) is 2.62. The zero-order valence-electron chi connectivity index (χ0n) is 21.6. The van der Waals surface area contributed by atoms with Gasteiger partial charge in [-0.1, -0.05) is 12.1 Å². The number of carbonyl (C=O) groups is 2. The highest BCUT2D eigenvalue weighted by Gasteiger charge is 2.36. The smallest absolute Gasteiger partial charge is 0.327 e. The molecular formula is C28H31F2N5O3. The van der Waals surface area contributed by atoms with Crippen LogP contribution in [0.1, 0.15) is 53.8 Å². The predicted octanol–water partition coefficient (Wildman–Crippen LogP) is 4.44. The average Bonchev–Trinajstić information content (AvgIpc) is 3.34. The molecule has 1 amide bonds. The Morgan fingerprint density at radius 1 is 1.29 bits per heavy atom. The van der Waals surface area contributed by atoms with Crippen LogP contribution in [0.2, 0.25) is 0 Å². The molecule has 1 saturated heterocycles. The van der Waals surface area contributed by atoms with Crippen molar-refractivity contribution in [2.75, 3.05) is 27.2 Å². The summed E-state index contributed by atoms with van der Waals surface area (Å²) < 4.78 is 34.1. The number of likely N-dealkylation sites (tertiary alicyclic amines) is 1. The van der Waals surface area contributed by atoms with Gasteiger partial charge in [0.1, 0.15) is 17.7 Å². The maximum Gasteiger partial charge on any atom is 0.327 e. The Kier molecular flexibility index (Phi) is 8.62. The third-order valence-corrected chi connectivity index (χ3v) is 6.76. The Hall–Kier alpha value is -3.92. The summed E-state index contributed by atoms with van der Waals surface area (Å²) >= 11 is 0. The van der Waals surface area contributed by atoms with E-state index < -0.39 is 23.6 Å². The molecule has 3 aromatic rings. The maximum absolute atomic E-state index is 14.6. The third-order valence-electron chi connectivity index (χ3n) is 6.76. The van der Waals surface area contributed by atoms with Crippen LogP contribution in [0.3, 0.4) is 0 Å². The van der Waals surface area contributed by atoms with Gasteiger partial charge in [0.25, 0.3) is 5.91 Å². The van der Waals surface area contributed by atoms with Crippen molar-refractivity contribution in [3.63, 3.8) is 0 Å². The first-order valence-electron chi connectivity index (χ1n) is 12.5. The highest BCUT2D eigenvalue weighted by molar-refractivity contribution is 6.00. The van der Waals surface area contributed by atoms with Gasteiger partial charge < -0.3 is 15.0 Å². The molecule has 1 aliphatic heterocycles. The number of esters is 1. The molecule has 2 aromatic carbocycles. The van der Waals surface area contributed by atoms with Crippen LogP contribution in [-0.4, -0.2) is 66.5 Å². The maximum atomic E-state index is 14.6. The summed E-state index contributed by atoms with van der Waals surface area (Å²) in [6, 6.07) is 7.23. The quantitative estimate of drug-likeness (QED) is 0.336. The van der Waals surface area contributed by atoms with E-state index in [1.54, 1.807) is 30.3 Å². The van der Waals surface area contributed by atoms with Gasteiger partial charge >= 0.3 is 5.97 Å². The lowest BCUT2D eigenvalue weighted by Gasteiger charge is -2.37. The molecule has 1 aromatic heterocycles. The van der Waals surface area contributed by atoms with Gasteiger partial charge in [-0.15, -0.1) is 0 Å². The van der Waals surface area contributed by atoms with Crippen LogP contribution in [0.4, 0.5) is 8.78 Å². The Bertz CT molecular complexity index is 1360. The van der Waals surface area contributed by atoms with E-state index in [1.807, 2.05) is 19.1 Å².